The van der Waals surface area contributed by atoms with Crippen molar-refractivity contribution in [3.05, 3.63) is 52.5 Å². The molecule has 5 rings (SSSR count). The molecule has 1 N–H and O–H groups in total. The average molecular weight is 450 g/mol. The fraction of sp³-hybridized carbons (Fsp3) is 0.316. The van der Waals surface area contributed by atoms with Crippen LogP contribution in [0.1, 0.15) is 31.0 Å². The molecule has 0 spiro atoms. The summed E-state index contributed by atoms with van der Waals surface area (Å²) >= 11 is 12.1. The minimum atomic E-state index is -3.53. The lowest BCUT2D eigenvalue weighted by atomic mass is 10.1. The molecule has 1 saturated carbocycles. The first-order chi connectivity index (χ1) is 13.9. The Morgan fingerprint density at radius 3 is 2.90 bits per heavy atom. The first-order valence-electron chi connectivity index (χ1n) is 9.28. The summed E-state index contributed by atoms with van der Waals surface area (Å²) in [5, 5.41) is 8.98. The van der Waals surface area contributed by atoms with Crippen molar-refractivity contribution in [2.24, 2.45) is 5.92 Å². The van der Waals surface area contributed by atoms with E-state index in [0.717, 1.165) is 36.3 Å². The van der Waals surface area contributed by atoms with Crippen LogP contribution in [-0.2, 0) is 9.84 Å². The van der Waals surface area contributed by atoms with E-state index in [1.54, 1.807) is 18.3 Å². The molecular formula is C19H17Cl2N5O2S. The van der Waals surface area contributed by atoms with Gasteiger partial charge in [-0.3, -0.25) is 4.40 Å². The minimum Gasteiger partial charge on any atom is -0.345 e. The van der Waals surface area contributed by atoms with Crippen molar-refractivity contribution in [3.63, 3.8) is 0 Å². The first-order valence-corrected chi connectivity index (χ1v) is 11.7. The number of benzene rings is 1. The number of aromatic amines is 1. The van der Waals surface area contributed by atoms with E-state index in [4.69, 9.17) is 23.2 Å². The Balaban J connectivity index is 1.41. The molecule has 0 unspecified atom stereocenters. The predicted octanol–water partition coefficient (Wildman–Crippen LogP) is 4.27. The Morgan fingerprint density at radius 1 is 1.17 bits per heavy atom. The van der Waals surface area contributed by atoms with Crippen molar-refractivity contribution in [1.82, 2.24) is 24.6 Å². The van der Waals surface area contributed by atoms with Crippen LogP contribution in [0.4, 0.5) is 0 Å². The molecule has 4 aromatic rings. The van der Waals surface area contributed by atoms with Crippen molar-refractivity contribution in [3.8, 4) is 0 Å². The average Bonchev–Trinajstić information content (AvgIpc) is 3.40. The van der Waals surface area contributed by atoms with Gasteiger partial charge in [-0.15, -0.1) is 10.2 Å². The van der Waals surface area contributed by atoms with Gasteiger partial charge in [-0.25, -0.2) is 13.4 Å². The molecule has 3 heterocycles. The van der Waals surface area contributed by atoms with Gasteiger partial charge in [0.2, 0.25) is 0 Å². The van der Waals surface area contributed by atoms with E-state index in [1.807, 2.05) is 16.7 Å². The minimum absolute atomic E-state index is 0.0240. The Hall–Kier alpha value is -2.16. The largest absolute Gasteiger partial charge is 0.345 e. The summed E-state index contributed by atoms with van der Waals surface area (Å²) in [6.45, 7) is 0. The van der Waals surface area contributed by atoms with E-state index < -0.39 is 9.84 Å². The van der Waals surface area contributed by atoms with Crippen LogP contribution < -0.4 is 0 Å². The number of hydrogen-bond donors (Lipinski definition) is 1. The third-order valence-electron chi connectivity index (χ3n) is 5.58. The van der Waals surface area contributed by atoms with Crippen LogP contribution >= 0.6 is 23.2 Å². The lowest BCUT2D eigenvalue weighted by Gasteiger charge is -2.13. The maximum Gasteiger partial charge on any atom is 0.180 e. The SMILES string of the molecule is O=S(=O)(C[C@H]1CC[C@@H](c2nnc3cnc4[nH]ccc4n23)C1)c1cccc(Cl)c1Cl. The summed E-state index contributed by atoms with van der Waals surface area (Å²) < 4.78 is 27.8. The van der Waals surface area contributed by atoms with Gasteiger partial charge in [-0.1, -0.05) is 29.3 Å². The summed E-state index contributed by atoms with van der Waals surface area (Å²) in [6.07, 6.45) is 5.91. The topological polar surface area (TPSA) is 93.0 Å². The summed E-state index contributed by atoms with van der Waals surface area (Å²) in [5.41, 5.74) is 2.38. The predicted molar refractivity (Wildman–Crippen MR) is 111 cm³/mol. The van der Waals surface area contributed by atoms with Gasteiger partial charge in [0.25, 0.3) is 0 Å². The lowest BCUT2D eigenvalue weighted by Crippen LogP contribution is -2.15. The molecular weight excluding hydrogens is 433 g/mol. The first kappa shape index (κ1) is 18.8. The van der Waals surface area contributed by atoms with Crippen molar-refractivity contribution >= 4 is 49.9 Å². The number of sulfone groups is 1. The zero-order chi connectivity index (χ0) is 20.2. The number of nitrogens with zero attached hydrogens (tertiary/aromatic N) is 4. The summed E-state index contributed by atoms with van der Waals surface area (Å²) in [6, 6.07) is 6.65. The van der Waals surface area contributed by atoms with E-state index in [1.165, 1.54) is 6.07 Å². The van der Waals surface area contributed by atoms with Gasteiger partial charge in [0, 0.05) is 12.1 Å². The molecule has 2 atom stereocenters. The molecule has 7 nitrogen and oxygen atoms in total. The second-order valence-corrected chi connectivity index (χ2v) is 10.2. The zero-order valence-electron chi connectivity index (χ0n) is 15.2. The number of aromatic nitrogens is 5. The highest BCUT2D eigenvalue weighted by Gasteiger charge is 2.33. The number of nitrogens with one attached hydrogen (secondary N) is 1. The van der Waals surface area contributed by atoms with Crippen LogP contribution in [0.15, 0.2) is 41.6 Å². The van der Waals surface area contributed by atoms with E-state index in [-0.39, 0.29) is 32.5 Å². The van der Waals surface area contributed by atoms with Gasteiger partial charge in [0.1, 0.15) is 5.82 Å². The number of hydrogen-bond acceptors (Lipinski definition) is 5. The molecule has 1 aliphatic rings. The Kier molecular flexibility index (Phi) is 4.53. The number of halogens is 2. The van der Waals surface area contributed by atoms with Crippen molar-refractivity contribution in [2.45, 2.75) is 30.1 Å². The third-order valence-corrected chi connectivity index (χ3v) is 8.43. The van der Waals surface area contributed by atoms with Crippen molar-refractivity contribution in [2.75, 3.05) is 5.75 Å². The highest BCUT2D eigenvalue weighted by Crippen LogP contribution is 2.40. The van der Waals surface area contributed by atoms with Crippen LogP contribution in [0.25, 0.3) is 16.8 Å². The molecule has 0 bridgehead atoms. The lowest BCUT2D eigenvalue weighted by molar-refractivity contribution is 0.550. The molecule has 0 saturated heterocycles. The van der Waals surface area contributed by atoms with Crippen LogP contribution in [0, 0.1) is 5.92 Å². The summed E-state index contributed by atoms with van der Waals surface area (Å²) in [5.74, 6) is 1.06. The fourth-order valence-corrected chi connectivity index (χ4v) is 6.73. The second-order valence-electron chi connectivity index (χ2n) is 7.43. The van der Waals surface area contributed by atoms with Crippen molar-refractivity contribution in [1.29, 1.82) is 0 Å². The Morgan fingerprint density at radius 2 is 2.03 bits per heavy atom. The maximum atomic E-state index is 12.9. The zero-order valence-corrected chi connectivity index (χ0v) is 17.5. The molecule has 10 heteroatoms. The molecule has 3 aromatic heterocycles. The molecule has 0 aliphatic heterocycles. The van der Waals surface area contributed by atoms with Gasteiger partial charge in [-0.2, -0.15) is 0 Å². The molecule has 29 heavy (non-hydrogen) atoms. The van der Waals surface area contributed by atoms with Crippen LogP contribution in [-0.4, -0.2) is 38.7 Å². The van der Waals surface area contributed by atoms with E-state index >= 15 is 0 Å². The van der Waals surface area contributed by atoms with Gasteiger partial charge in [0.05, 0.1) is 32.4 Å². The summed E-state index contributed by atoms with van der Waals surface area (Å²) in [7, 11) is -3.53. The quantitative estimate of drug-likeness (QED) is 0.501. The van der Waals surface area contributed by atoms with Crippen LogP contribution in [0.3, 0.4) is 0 Å². The number of fused-ring (bicyclic) bond motifs is 3. The highest BCUT2D eigenvalue weighted by atomic mass is 35.5. The molecule has 1 aliphatic carbocycles. The van der Waals surface area contributed by atoms with Gasteiger partial charge >= 0.3 is 0 Å². The van der Waals surface area contributed by atoms with Gasteiger partial charge in [-0.05, 0) is 43.4 Å². The third kappa shape index (κ3) is 3.19. The molecule has 150 valence electrons. The summed E-state index contributed by atoms with van der Waals surface area (Å²) in [4.78, 5) is 7.54. The second kappa shape index (κ2) is 6.97. The monoisotopic (exact) mass is 449 g/mol. The van der Waals surface area contributed by atoms with Crippen LogP contribution in [0.2, 0.25) is 10.0 Å². The standard InChI is InChI=1S/C19H17Cl2N5O2S/c20-13-2-1-3-15(17(13)21)29(27,28)10-11-4-5-12(8-11)19-25-24-16-9-23-18-14(26(16)19)6-7-22-18/h1-3,6-7,9,11-12,22H,4-5,8,10H2/t11-,12+/m0/s1. The maximum absolute atomic E-state index is 12.9. The van der Waals surface area contributed by atoms with Gasteiger partial charge < -0.3 is 4.98 Å². The van der Waals surface area contributed by atoms with E-state index in [9.17, 15) is 8.42 Å². The smallest absolute Gasteiger partial charge is 0.180 e. The van der Waals surface area contributed by atoms with Crippen molar-refractivity contribution < 1.29 is 8.42 Å². The molecule has 1 aromatic carbocycles. The normalized spacial score (nSPS) is 20.1. The Bertz CT molecular complexity index is 1330. The molecule has 0 amide bonds. The molecule has 0 radical (unpaired) electrons. The number of H-pyrrole nitrogens is 1. The fourth-order valence-electron chi connectivity index (χ4n) is 4.25. The Labute approximate surface area is 177 Å². The van der Waals surface area contributed by atoms with Gasteiger partial charge in [0.15, 0.2) is 21.1 Å². The van der Waals surface area contributed by atoms with E-state index in [0.29, 0.717) is 5.65 Å². The molecule has 1 fully saturated rings. The number of rotatable bonds is 4. The van der Waals surface area contributed by atoms with Crippen LogP contribution in [0.5, 0.6) is 0 Å². The highest BCUT2D eigenvalue weighted by molar-refractivity contribution is 7.91. The van der Waals surface area contributed by atoms with E-state index in [2.05, 4.69) is 20.2 Å².